The lowest BCUT2D eigenvalue weighted by atomic mass is 9.90. The first-order valence-corrected chi connectivity index (χ1v) is 22.0. The molecule has 4 aromatic carbocycles. The van der Waals surface area contributed by atoms with Crippen molar-refractivity contribution >= 4 is 36.4 Å². The second kappa shape index (κ2) is 17.4. The van der Waals surface area contributed by atoms with E-state index >= 15 is 4.79 Å². The molecule has 0 bridgehead atoms. The van der Waals surface area contributed by atoms with E-state index in [1.165, 1.54) is 0 Å². The van der Waals surface area contributed by atoms with Crippen molar-refractivity contribution < 1.29 is 42.9 Å². The third kappa shape index (κ3) is 8.94. The number of aliphatic hydroxyl groups excluding tert-OH is 2. The molecule has 2 unspecified atom stereocenters. The number of nitrogens with two attached hydrogens (primary N) is 1. The van der Waals surface area contributed by atoms with Crippen molar-refractivity contribution in [2.45, 2.75) is 95.9 Å². The number of carbonyl (C=O) groups is 2. The molecule has 1 saturated heterocycles. The van der Waals surface area contributed by atoms with E-state index in [4.69, 9.17) is 24.3 Å². The predicted molar refractivity (Wildman–Crippen MR) is 228 cm³/mol. The average molecular weight is 840 g/mol. The minimum atomic E-state index is -3.46. The van der Waals surface area contributed by atoms with E-state index in [0.717, 1.165) is 21.4 Å². The zero-order chi connectivity index (χ0) is 42.8. The zero-order valence-electron chi connectivity index (χ0n) is 34.6. The number of fused-ring (bicyclic) bond motifs is 1. The quantitative estimate of drug-likeness (QED) is 0.0934. The van der Waals surface area contributed by atoms with Gasteiger partial charge in [-0.2, -0.15) is 4.68 Å². The summed E-state index contributed by atoms with van der Waals surface area (Å²) in [6, 6.07) is 30.5. The van der Waals surface area contributed by atoms with Crippen molar-refractivity contribution in [1.82, 2.24) is 19.6 Å². The van der Waals surface area contributed by atoms with Gasteiger partial charge >= 0.3 is 19.7 Å². The molecule has 5 atom stereocenters. The molecule has 60 heavy (non-hydrogen) atoms. The molecule has 2 aliphatic rings. The number of ether oxygens (including phenoxy) is 2. The van der Waals surface area contributed by atoms with Gasteiger partial charge in [-0.05, 0) is 94.0 Å². The second-order valence-corrected chi connectivity index (χ2v) is 18.3. The maximum atomic E-state index is 15.5. The van der Waals surface area contributed by atoms with Gasteiger partial charge in [-0.1, -0.05) is 78.9 Å². The number of urea groups is 1. The molecule has 15 heteroatoms. The summed E-state index contributed by atoms with van der Waals surface area (Å²) in [5.74, 6) is 0.299. The summed E-state index contributed by atoms with van der Waals surface area (Å²) in [4.78, 5) is 31.9. The third-order valence-corrected chi connectivity index (χ3v) is 12.8. The van der Waals surface area contributed by atoms with Crippen LogP contribution in [0.3, 0.4) is 0 Å². The molecule has 1 saturated carbocycles. The Kier molecular flexibility index (Phi) is 12.4. The maximum absolute atomic E-state index is 15.5. The van der Waals surface area contributed by atoms with Crippen LogP contribution in [0.4, 0.5) is 15.4 Å². The number of hydrogen-bond acceptors (Lipinski definition) is 11. The normalized spacial score (nSPS) is 21.9. The molecule has 1 spiro atoms. The van der Waals surface area contributed by atoms with Gasteiger partial charge in [0.1, 0.15) is 23.6 Å². The summed E-state index contributed by atoms with van der Waals surface area (Å²) >= 11 is 0. The zero-order valence-corrected chi connectivity index (χ0v) is 35.5. The Morgan fingerprint density at radius 2 is 1.52 bits per heavy atom. The number of benzene rings is 4. The van der Waals surface area contributed by atoms with Crippen molar-refractivity contribution in [1.29, 1.82) is 0 Å². The Bertz CT molecular complexity index is 2330. The number of anilines is 1. The van der Waals surface area contributed by atoms with E-state index in [1.54, 1.807) is 74.8 Å². The third-order valence-electron chi connectivity index (χ3n) is 11.1. The predicted octanol–water partition coefficient (Wildman–Crippen LogP) is 7.70. The van der Waals surface area contributed by atoms with Crippen LogP contribution in [0.2, 0.25) is 0 Å². The van der Waals surface area contributed by atoms with Gasteiger partial charge in [-0.3, -0.25) is 4.57 Å². The second-order valence-electron chi connectivity index (χ2n) is 16.3. The van der Waals surface area contributed by atoms with Gasteiger partial charge in [-0.25, -0.2) is 9.59 Å². The van der Waals surface area contributed by atoms with Crippen LogP contribution < -0.4 is 10.5 Å². The highest BCUT2D eigenvalue weighted by molar-refractivity contribution is 7.53. The standard InChI is InChI=1S/C45H54N5O9P/c1-6-57-60(55,58-7-2)29-56-34-21-18-31(19-22-34)28-49-42(53)48(27-32-20-23-37-35(24-32)41(46)47-50(37)43(54)59-44(3,4)5)38(25-30-14-10-8-11-15-30)39(51)40(52)45(49)26-36(45)33-16-12-9-13-17-33/h8-24,36,38-40,51-52H,6-7,25-29H2,1-5H3,(H2,46,47)/t36?,38-,39+,40-,45?/m1/s1. The first kappa shape index (κ1) is 42.9. The fourth-order valence-electron chi connectivity index (χ4n) is 8.26. The minimum Gasteiger partial charge on any atom is -0.481 e. The van der Waals surface area contributed by atoms with Crippen LogP contribution in [0, 0.1) is 0 Å². The smallest absolute Gasteiger partial charge is 0.435 e. The van der Waals surface area contributed by atoms with E-state index in [-0.39, 0.29) is 56.8 Å². The number of rotatable bonds is 14. The largest absolute Gasteiger partial charge is 0.481 e. The fraction of sp³-hybridized carbons (Fsp3) is 0.400. The lowest BCUT2D eigenvalue weighted by molar-refractivity contribution is -0.0502. The number of carbonyl (C=O) groups excluding carboxylic acids is 2. The highest BCUT2D eigenvalue weighted by Gasteiger charge is 2.68. The molecular weight excluding hydrogens is 785 g/mol. The topological polar surface area (TPSA) is 179 Å². The number of aromatic nitrogens is 2. The van der Waals surface area contributed by atoms with Crippen LogP contribution in [0.5, 0.6) is 5.75 Å². The summed E-state index contributed by atoms with van der Waals surface area (Å²) < 4.78 is 36.3. The van der Waals surface area contributed by atoms with Crippen LogP contribution in [0.15, 0.2) is 103 Å². The molecule has 1 aliphatic heterocycles. The van der Waals surface area contributed by atoms with Crippen LogP contribution in [-0.2, 0) is 37.9 Å². The Hall–Kier alpha value is -5.24. The first-order chi connectivity index (χ1) is 28.7. The molecule has 5 aromatic rings. The molecule has 0 radical (unpaired) electrons. The van der Waals surface area contributed by atoms with Gasteiger partial charge in [0.25, 0.3) is 0 Å². The molecule has 4 N–H and O–H groups in total. The lowest BCUT2D eigenvalue weighted by Crippen LogP contribution is -2.52. The highest BCUT2D eigenvalue weighted by atomic mass is 31.2. The fourth-order valence-corrected chi connectivity index (χ4v) is 9.57. The number of nitrogens with zero attached hydrogens (tertiary/aromatic N) is 4. The Labute approximate surface area is 350 Å². The molecule has 2 fully saturated rings. The molecular formula is C45H54N5O9P. The number of aliphatic hydroxyl groups is 2. The van der Waals surface area contributed by atoms with Gasteiger partial charge < -0.3 is 44.3 Å². The summed E-state index contributed by atoms with van der Waals surface area (Å²) in [6.07, 6.45) is -2.88. The summed E-state index contributed by atoms with van der Waals surface area (Å²) in [6.45, 7) is 9.33. The molecule has 1 aliphatic carbocycles. The Morgan fingerprint density at radius 3 is 2.15 bits per heavy atom. The van der Waals surface area contributed by atoms with Crippen molar-refractivity contribution in [2.24, 2.45) is 0 Å². The minimum absolute atomic E-state index is 0.0438. The molecule has 2 amide bonds. The number of amides is 2. The Morgan fingerprint density at radius 1 is 0.883 bits per heavy atom. The van der Waals surface area contributed by atoms with E-state index in [2.05, 4.69) is 5.10 Å². The van der Waals surface area contributed by atoms with Gasteiger partial charge in [-0.15, -0.1) is 5.10 Å². The molecule has 14 nitrogen and oxygen atoms in total. The van der Waals surface area contributed by atoms with Gasteiger partial charge in [0.2, 0.25) is 0 Å². The van der Waals surface area contributed by atoms with Crippen LogP contribution >= 0.6 is 7.60 Å². The molecule has 318 valence electrons. The van der Waals surface area contributed by atoms with Crippen LogP contribution in [0.25, 0.3) is 10.9 Å². The Balaban J connectivity index is 1.26. The summed E-state index contributed by atoms with van der Waals surface area (Å²) in [7, 11) is -3.46. The molecule has 2 heterocycles. The van der Waals surface area contributed by atoms with Crippen molar-refractivity contribution in [3.05, 3.63) is 125 Å². The van der Waals surface area contributed by atoms with Gasteiger partial charge in [0.15, 0.2) is 12.2 Å². The first-order valence-electron chi connectivity index (χ1n) is 20.3. The number of nitrogen functional groups attached to an aromatic ring is 1. The monoisotopic (exact) mass is 839 g/mol. The van der Waals surface area contributed by atoms with Crippen molar-refractivity contribution in [3.63, 3.8) is 0 Å². The van der Waals surface area contributed by atoms with E-state index in [1.807, 2.05) is 72.8 Å². The van der Waals surface area contributed by atoms with E-state index in [9.17, 15) is 19.6 Å². The van der Waals surface area contributed by atoms with Gasteiger partial charge in [0.05, 0.1) is 30.3 Å². The maximum Gasteiger partial charge on any atom is 0.435 e. The van der Waals surface area contributed by atoms with Crippen molar-refractivity contribution in [2.75, 3.05) is 25.3 Å². The van der Waals surface area contributed by atoms with Gasteiger partial charge in [0, 0.05) is 24.4 Å². The van der Waals surface area contributed by atoms with E-state index in [0.29, 0.717) is 28.6 Å². The molecule has 1 aromatic heterocycles. The summed E-state index contributed by atoms with van der Waals surface area (Å²) in [5, 5.41) is 29.6. The highest BCUT2D eigenvalue weighted by Crippen LogP contribution is 2.60. The van der Waals surface area contributed by atoms with Crippen LogP contribution in [-0.4, -0.2) is 90.9 Å². The lowest BCUT2D eigenvalue weighted by Gasteiger charge is -2.36. The summed E-state index contributed by atoms with van der Waals surface area (Å²) in [5.41, 5.74) is 8.18. The van der Waals surface area contributed by atoms with Crippen molar-refractivity contribution in [3.8, 4) is 5.75 Å². The number of hydrogen-bond donors (Lipinski definition) is 3. The average Bonchev–Trinajstić information content (AvgIpc) is 3.90. The van der Waals surface area contributed by atoms with Crippen LogP contribution in [0.1, 0.15) is 69.2 Å². The molecule has 7 rings (SSSR count). The SMILES string of the molecule is CCOP(=O)(COc1ccc(CN2C(=O)N(Cc3ccc4c(c3)c(N)nn4C(=O)OC(C)(C)C)[C@H](Cc3ccccc3)[C@H](O)[C@@H](O)C23CC3c2ccccc2)cc1)OCC. The van der Waals surface area contributed by atoms with E-state index < -0.39 is 43.1 Å².